The van der Waals surface area contributed by atoms with Gasteiger partial charge in [0.2, 0.25) is 0 Å². The lowest BCUT2D eigenvalue weighted by molar-refractivity contribution is 0.248. The molecular weight excluding hydrogens is 286 g/mol. The molecule has 1 heterocycles. The summed E-state index contributed by atoms with van der Waals surface area (Å²) in [6.45, 7) is 5.42. The van der Waals surface area contributed by atoms with Crippen LogP contribution in [0.5, 0.6) is 0 Å². The van der Waals surface area contributed by atoms with Gasteiger partial charge in [-0.2, -0.15) is 0 Å². The van der Waals surface area contributed by atoms with Crippen LogP contribution in [0.2, 0.25) is 5.02 Å². The van der Waals surface area contributed by atoms with E-state index in [2.05, 4.69) is 28.7 Å². The number of halogens is 1. The van der Waals surface area contributed by atoms with Gasteiger partial charge in [0.25, 0.3) is 0 Å². The average Bonchev–Trinajstić information content (AvgIpc) is 2.79. The van der Waals surface area contributed by atoms with Crippen LogP contribution in [0.1, 0.15) is 38.6 Å². The number of aryl methyl sites for hydroxylation is 1. The van der Waals surface area contributed by atoms with Crippen LogP contribution < -0.4 is 5.32 Å². The number of nitrogens with zero attached hydrogens (tertiary/aromatic N) is 2. The lowest BCUT2D eigenvalue weighted by Crippen LogP contribution is -2.27. The Kier molecular flexibility index (Phi) is 5.62. The Morgan fingerprint density at radius 2 is 2.19 bits per heavy atom. The minimum atomic E-state index is 0.161. The standard InChI is InChI=1S/C16H24ClN3O/c1-4-12(7-8-21)10-18-11(2)16-19-14-9-13(17)5-6-15(14)20(16)3/h5-6,9,11-12,18,21H,4,7-8,10H2,1-3H3. The van der Waals surface area contributed by atoms with E-state index < -0.39 is 0 Å². The molecule has 5 heteroatoms. The van der Waals surface area contributed by atoms with E-state index in [0.29, 0.717) is 10.9 Å². The highest BCUT2D eigenvalue weighted by Gasteiger charge is 2.15. The molecular formula is C16H24ClN3O. The summed E-state index contributed by atoms with van der Waals surface area (Å²) in [5.74, 6) is 1.51. The first kappa shape index (κ1) is 16.3. The van der Waals surface area contributed by atoms with Gasteiger partial charge in [0.15, 0.2) is 0 Å². The molecule has 0 bridgehead atoms. The zero-order chi connectivity index (χ0) is 15.4. The number of fused-ring (bicyclic) bond motifs is 1. The normalized spacial score (nSPS) is 14.5. The molecule has 0 aliphatic heterocycles. The van der Waals surface area contributed by atoms with E-state index in [4.69, 9.17) is 16.7 Å². The number of aromatic nitrogens is 2. The molecule has 0 saturated carbocycles. The molecule has 2 unspecified atom stereocenters. The van der Waals surface area contributed by atoms with Crippen molar-refractivity contribution in [2.75, 3.05) is 13.2 Å². The number of nitrogens with one attached hydrogen (secondary N) is 1. The monoisotopic (exact) mass is 309 g/mol. The Morgan fingerprint density at radius 3 is 2.86 bits per heavy atom. The lowest BCUT2D eigenvalue weighted by atomic mass is 10.0. The molecule has 21 heavy (non-hydrogen) atoms. The first-order chi connectivity index (χ1) is 10.1. The van der Waals surface area contributed by atoms with Crippen molar-refractivity contribution in [2.45, 2.75) is 32.7 Å². The van der Waals surface area contributed by atoms with Crippen molar-refractivity contribution in [3.05, 3.63) is 29.0 Å². The molecule has 2 atom stereocenters. The van der Waals surface area contributed by atoms with E-state index in [1.165, 1.54) is 0 Å². The fourth-order valence-corrected chi connectivity index (χ4v) is 2.81. The van der Waals surface area contributed by atoms with Crippen molar-refractivity contribution < 1.29 is 5.11 Å². The maximum absolute atomic E-state index is 9.06. The predicted octanol–water partition coefficient (Wildman–Crippen LogP) is 3.29. The zero-order valence-electron chi connectivity index (χ0n) is 12.9. The van der Waals surface area contributed by atoms with Crippen LogP contribution in [0.4, 0.5) is 0 Å². The van der Waals surface area contributed by atoms with Gasteiger partial charge in [-0.15, -0.1) is 0 Å². The molecule has 0 saturated heterocycles. The average molecular weight is 310 g/mol. The number of aliphatic hydroxyl groups excluding tert-OH is 1. The third-order valence-corrected chi connectivity index (χ3v) is 4.33. The quantitative estimate of drug-likeness (QED) is 0.825. The van der Waals surface area contributed by atoms with E-state index in [0.717, 1.165) is 36.2 Å². The van der Waals surface area contributed by atoms with Crippen molar-refractivity contribution in [3.8, 4) is 0 Å². The Balaban J connectivity index is 2.12. The van der Waals surface area contributed by atoms with Crippen molar-refractivity contribution in [2.24, 2.45) is 13.0 Å². The SMILES string of the molecule is CCC(CCO)CNC(C)c1nc2cc(Cl)ccc2n1C. The summed E-state index contributed by atoms with van der Waals surface area (Å²) in [7, 11) is 2.03. The number of hydrogen-bond acceptors (Lipinski definition) is 3. The second-order valence-corrected chi connectivity index (χ2v) is 6.01. The van der Waals surface area contributed by atoms with E-state index in [9.17, 15) is 0 Å². The molecule has 0 fully saturated rings. The Morgan fingerprint density at radius 1 is 1.43 bits per heavy atom. The van der Waals surface area contributed by atoms with Gasteiger partial charge in [0, 0.05) is 18.7 Å². The van der Waals surface area contributed by atoms with Crippen LogP contribution in [-0.2, 0) is 7.05 Å². The maximum Gasteiger partial charge on any atom is 0.126 e. The van der Waals surface area contributed by atoms with Crippen molar-refractivity contribution >= 4 is 22.6 Å². The molecule has 4 nitrogen and oxygen atoms in total. The first-order valence-electron chi connectivity index (χ1n) is 7.52. The van der Waals surface area contributed by atoms with Gasteiger partial charge in [-0.25, -0.2) is 4.98 Å². The fourth-order valence-electron chi connectivity index (χ4n) is 2.65. The molecule has 2 N–H and O–H groups in total. The number of benzene rings is 1. The molecule has 0 aliphatic carbocycles. The fraction of sp³-hybridized carbons (Fsp3) is 0.562. The van der Waals surface area contributed by atoms with Gasteiger partial charge >= 0.3 is 0 Å². The summed E-state index contributed by atoms with van der Waals surface area (Å²) in [6.07, 6.45) is 1.91. The smallest absolute Gasteiger partial charge is 0.126 e. The highest BCUT2D eigenvalue weighted by Crippen LogP contribution is 2.22. The third kappa shape index (κ3) is 3.76. The van der Waals surface area contributed by atoms with Crippen molar-refractivity contribution in [1.29, 1.82) is 0 Å². The molecule has 0 aliphatic rings. The zero-order valence-corrected chi connectivity index (χ0v) is 13.7. The molecule has 1 aromatic heterocycles. The van der Waals surface area contributed by atoms with E-state index in [1.807, 2.05) is 25.2 Å². The molecule has 0 radical (unpaired) electrons. The van der Waals surface area contributed by atoms with Gasteiger partial charge in [0.05, 0.1) is 17.1 Å². The highest BCUT2D eigenvalue weighted by molar-refractivity contribution is 6.31. The molecule has 2 aromatic rings. The highest BCUT2D eigenvalue weighted by atomic mass is 35.5. The number of imidazole rings is 1. The van der Waals surface area contributed by atoms with Crippen molar-refractivity contribution in [1.82, 2.24) is 14.9 Å². The van der Waals surface area contributed by atoms with Crippen LogP contribution in [0.25, 0.3) is 11.0 Å². The topological polar surface area (TPSA) is 50.1 Å². The molecule has 2 rings (SSSR count). The molecule has 0 spiro atoms. The third-order valence-electron chi connectivity index (χ3n) is 4.09. The van der Waals surface area contributed by atoms with E-state index in [-0.39, 0.29) is 12.6 Å². The van der Waals surface area contributed by atoms with Gasteiger partial charge in [0.1, 0.15) is 5.82 Å². The Bertz CT molecular complexity index is 596. The van der Waals surface area contributed by atoms with E-state index >= 15 is 0 Å². The number of aliphatic hydroxyl groups is 1. The maximum atomic E-state index is 9.06. The first-order valence-corrected chi connectivity index (χ1v) is 7.90. The minimum absolute atomic E-state index is 0.161. The largest absolute Gasteiger partial charge is 0.396 e. The van der Waals surface area contributed by atoms with Crippen LogP contribution in [0, 0.1) is 5.92 Å². The second kappa shape index (κ2) is 7.25. The number of hydrogen-bond donors (Lipinski definition) is 2. The summed E-state index contributed by atoms with van der Waals surface area (Å²) in [5, 5.41) is 13.3. The van der Waals surface area contributed by atoms with E-state index in [1.54, 1.807) is 0 Å². The van der Waals surface area contributed by atoms with Gasteiger partial charge in [-0.3, -0.25) is 0 Å². The molecule has 0 amide bonds. The Labute approximate surface area is 131 Å². The molecule has 1 aromatic carbocycles. The van der Waals surface area contributed by atoms with Gasteiger partial charge in [-0.05, 0) is 44.0 Å². The molecule has 116 valence electrons. The summed E-state index contributed by atoms with van der Waals surface area (Å²) in [5.41, 5.74) is 2.02. The van der Waals surface area contributed by atoms with Crippen molar-refractivity contribution in [3.63, 3.8) is 0 Å². The van der Waals surface area contributed by atoms with Gasteiger partial charge < -0.3 is 15.0 Å². The Hall–Kier alpha value is -1.10. The van der Waals surface area contributed by atoms with Gasteiger partial charge in [-0.1, -0.05) is 24.9 Å². The minimum Gasteiger partial charge on any atom is -0.396 e. The van der Waals surface area contributed by atoms with Crippen LogP contribution in [0.3, 0.4) is 0 Å². The second-order valence-electron chi connectivity index (χ2n) is 5.58. The lowest BCUT2D eigenvalue weighted by Gasteiger charge is -2.19. The van der Waals surface area contributed by atoms with Crippen LogP contribution in [-0.4, -0.2) is 27.8 Å². The summed E-state index contributed by atoms with van der Waals surface area (Å²) in [6, 6.07) is 5.95. The summed E-state index contributed by atoms with van der Waals surface area (Å²) >= 11 is 6.03. The van der Waals surface area contributed by atoms with Crippen LogP contribution >= 0.6 is 11.6 Å². The number of rotatable bonds is 7. The summed E-state index contributed by atoms with van der Waals surface area (Å²) in [4.78, 5) is 4.69. The predicted molar refractivity (Wildman–Crippen MR) is 87.6 cm³/mol. The summed E-state index contributed by atoms with van der Waals surface area (Å²) < 4.78 is 2.11. The van der Waals surface area contributed by atoms with Crippen LogP contribution in [0.15, 0.2) is 18.2 Å².